The van der Waals surface area contributed by atoms with Crippen molar-refractivity contribution in [2.45, 2.75) is 209 Å². The third-order valence-electron chi connectivity index (χ3n) is 23.3. The van der Waals surface area contributed by atoms with Gasteiger partial charge in [-0.3, -0.25) is 76.7 Å². The molecule has 0 saturated carbocycles. The van der Waals surface area contributed by atoms with Crippen LogP contribution in [0.5, 0.6) is 5.75 Å². The number of nitrogens with one attached hydrogen (secondary N) is 10. The van der Waals surface area contributed by atoms with Crippen LogP contribution in [0, 0.1) is 17.7 Å². The molecule has 0 aliphatic carbocycles. The fraction of sp³-hybridized carbons (Fsp3) is 0.478. The van der Waals surface area contributed by atoms with Crippen LogP contribution in [0.2, 0.25) is 0 Å². The van der Waals surface area contributed by atoms with E-state index in [1.807, 2.05) is 6.92 Å². The second-order valence-electron chi connectivity index (χ2n) is 33.8. The number of carboxylic acids is 1. The molecule has 4 heterocycles. The Morgan fingerprint density at radius 2 is 1.02 bits per heavy atom. The molecule has 9 rings (SSSR count). The molecule has 0 bridgehead atoms. The van der Waals surface area contributed by atoms with E-state index >= 15 is 43.2 Å². The second kappa shape index (κ2) is 47.8. The van der Waals surface area contributed by atoms with Crippen molar-refractivity contribution in [2.24, 2.45) is 23.3 Å². The molecule has 13 atom stereocenters. The fourth-order valence-electron chi connectivity index (χ4n) is 16.3. The molecule has 694 valence electrons. The zero-order chi connectivity index (χ0) is 93.9. The first-order valence-corrected chi connectivity index (χ1v) is 44.7. The highest BCUT2D eigenvalue weighted by molar-refractivity contribution is 8.00. The van der Waals surface area contributed by atoms with Crippen molar-refractivity contribution < 1.29 is 91.3 Å². The van der Waals surface area contributed by atoms with Gasteiger partial charge in [0, 0.05) is 89.2 Å². The zero-order valence-electron chi connectivity index (χ0n) is 73.9. The lowest BCUT2D eigenvalue weighted by Gasteiger charge is -2.38. The van der Waals surface area contributed by atoms with E-state index in [2.05, 4.69) is 52.8 Å². The minimum atomic E-state index is -1.89. The number of aromatic amines is 1. The van der Waals surface area contributed by atoms with Crippen LogP contribution in [0.15, 0.2) is 140 Å². The highest BCUT2D eigenvalue weighted by atomic mass is 32.2. The molecule has 3 aliphatic rings. The van der Waals surface area contributed by atoms with Gasteiger partial charge < -0.3 is 99.0 Å². The lowest BCUT2D eigenvalue weighted by molar-refractivity contribution is -0.152. The molecule has 0 radical (unpaired) electrons. The number of phenolic OH excluding ortho intramolecular Hbond substituents is 1. The first-order valence-electron chi connectivity index (χ1n) is 43.6. The quantitative estimate of drug-likeness (QED) is 0.0436. The number of carboxylic acid groups (broad SMARTS) is 1. The number of rotatable bonds is 23. The second-order valence-corrected chi connectivity index (χ2v) is 34.8. The number of nitrogens with zero attached hydrogens (tertiary/aromatic N) is 5. The maximum Gasteiger partial charge on any atom is 0.305 e. The summed E-state index contributed by atoms with van der Waals surface area (Å²) in [7, 11) is 4.02. The van der Waals surface area contributed by atoms with Gasteiger partial charge in [0.05, 0.1) is 18.7 Å². The first kappa shape index (κ1) is 100.0. The normalized spacial score (nSPS) is 24.0. The van der Waals surface area contributed by atoms with Crippen LogP contribution >= 0.6 is 11.8 Å². The van der Waals surface area contributed by atoms with Crippen LogP contribution in [-0.2, 0) is 109 Å². The van der Waals surface area contributed by atoms with Crippen molar-refractivity contribution in [1.29, 1.82) is 0 Å². The molecule has 5 aromatic carbocycles. The van der Waals surface area contributed by atoms with Gasteiger partial charge >= 0.3 is 5.97 Å². The molecule has 6 aromatic rings. The number of halogens is 1. The average Bonchev–Trinajstić information content (AvgIpc) is 1.74. The Morgan fingerprint density at radius 1 is 0.519 bits per heavy atom. The van der Waals surface area contributed by atoms with Gasteiger partial charge in [0.15, 0.2) is 0 Å². The molecule has 129 heavy (non-hydrogen) atoms. The van der Waals surface area contributed by atoms with Crippen molar-refractivity contribution in [3.05, 3.63) is 173 Å². The van der Waals surface area contributed by atoms with Crippen LogP contribution in [0.1, 0.15) is 127 Å². The van der Waals surface area contributed by atoms with E-state index in [-0.39, 0.29) is 108 Å². The zero-order valence-corrected chi connectivity index (χ0v) is 74.7. The van der Waals surface area contributed by atoms with Crippen LogP contribution in [-0.4, -0.2) is 272 Å². The number of amides is 15. The summed E-state index contributed by atoms with van der Waals surface area (Å²) in [5.74, 6) is -17.6. The predicted octanol–water partition coefficient (Wildman–Crippen LogP) is 1.93. The number of aliphatic carboxylic acids is 1. The van der Waals surface area contributed by atoms with Crippen molar-refractivity contribution in [3.63, 3.8) is 0 Å². The number of likely N-dealkylation sites (N-methyl/N-ethyl adjacent to an activating group) is 3. The van der Waals surface area contributed by atoms with Gasteiger partial charge in [0.2, 0.25) is 88.6 Å². The number of aromatic hydroxyl groups is 1. The van der Waals surface area contributed by atoms with Crippen molar-refractivity contribution >= 4 is 117 Å². The van der Waals surface area contributed by atoms with Gasteiger partial charge in [-0.15, -0.1) is 11.8 Å². The maximum absolute atomic E-state index is 15.7. The van der Waals surface area contributed by atoms with Gasteiger partial charge in [-0.1, -0.05) is 151 Å². The van der Waals surface area contributed by atoms with E-state index in [1.165, 1.54) is 72.2 Å². The average molecular weight is 1800 g/mol. The summed E-state index contributed by atoms with van der Waals surface area (Å²) in [5.41, 5.74) is 14.8. The van der Waals surface area contributed by atoms with E-state index in [0.717, 1.165) is 33.7 Å². The number of para-hydroxylation sites is 1. The summed E-state index contributed by atoms with van der Waals surface area (Å²) in [6.45, 7) is 7.56. The van der Waals surface area contributed by atoms with E-state index < -0.39 is 209 Å². The molecule has 35 nitrogen and oxygen atoms in total. The maximum atomic E-state index is 15.7. The van der Waals surface area contributed by atoms with Gasteiger partial charge in [-0.2, -0.15) is 0 Å². The molecular weight excluding hydrogens is 1680 g/mol. The van der Waals surface area contributed by atoms with Gasteiger partial charge in [0.1, 0.15) is 90.1 Å². The highest BCUT2D eigenvalue weighted by Gasteiger charge is 2.46. The number of phenols is 1. The first-order chi connectivity index (χ1) is 61.5. The molecule has 1 aromatic heterocycles. The summed E-state index contributed by atoms with van der Waals surface area (Å²) in [6, 6.07) is 15.6. The number of primary amides is 1. The summed E-state index contributed by atoms with van der Waals surface area (Å²) in [5, 5.41) is 45.6. The Hall–Kier alpha value is -12.8. The lowest BCUT2D eigenvalue weighted by atomic mass is 9.98. The van der Waals surface area contributed by atoms with Gasteiger partial charge in [-0.25, -0.2) is 4.39 Å². The third kappa shape index (κ3) is 28.1. The number of benzene rings is 5. The smallest absolute Gasteiger partial charge is 0.305 e. The summed E-state index contributed by atoms with van der Waals surface area (Å²) >= 11 is 0.797. The van der Waals surface area contributed by atoms with E-state index in [1.54, 1.807) is 119 Å². The highest BCUT2D eigenvalue weighted by Crippen LogP contribution is 2.28. The number of aromatic nitrogens is 1. The number of carbonyl (C=O) groups is 16. The Bertz CT molecular complexity index is 4950. The topological polar surface area (TPSA) is 506 Å². The van der Waals surface area contributed by atoms with E-state index in [4.69, 9.17) is 11.5 Å². The molecule has 0 spiro atoms. The van der Waals surface area contributed by atoms with Crippen molar-refractivity contribution in [2.75, 3.05) is 58.8 Å². The molecule has 3 fully saturated rings. The molecule has 15 amide bonds. The number of unbranched alkanes of at least 4 members (excludes halogenated alkanes) is 1. The summed E-state index contributed by atoms with van der Waals surface area (Å²) < 4.78 is 14.6. The van der Waals surface area contributed by atoms with Crippen LogP contribution in [0.4, 0.5) is 4.39 Å². The number of thioether (sulfide) groups is 1. The Kier molecular flexibility index (Phi) is 37.1. The summed E-state index contributed by atoms with van der Waals surface area (Å²) in [6.07, 6.45) is 0.668. The Morgan fingerprint density at radius 3 is 1.60 bits per heavy atom. The Labute approximate surface area is 752 Å². The number of H-pyrrole nitrogens is 1. The molecule has 3 saturated heterocycles. The van der Waals surface area contributed by atoms with Crippen molar-refractivity contribution in [1.82, 2.24) is 77.3 Å². The van der Waals surface area contributed by atoms with Crippen LogP contribution < -0.4 is 59.3 Å². The number of carbonyl (C=O) groups excluding carboxylic acids is 15. The SMILES string of the molecule is CCCC[C@H]1C(=O)N2CCC[C@@H]2C(=O)N[C@@H](CC(=O)O)C(=O)N[C@@H](C(C)C)C(=O)N(C)[C@@H](Cc2ccccc2)C(=O)N[C@@H](CCN)C(=O)N2CCC[C@@H]2C(=O)N[C@@H](Cc2c[nH]c3ccccc23)C(=O)N[C@@H](Cc2ccc(O)cc2)C(=O)N[C@@H](CC(C)C)C(=O)N[C@H](C(=O)NCC(N)=O)CSCC(=O)N[C@@H](Cc2ccc(F)cc2)C(=O)N(C)[C@@H](Cc2ccccc2)C(=O)N1C. The standard InChI is InChI=1S/C92H120FN17O18S/c1-9-10-27-73-91(127)110-41-20-29-72(110)86(122)103-68(48-78(114)115)84(120)105-79(54(4)5)92(128)107(7)74(45-55-21-13-11-14-22-55)87(123)99-64(38-39-94)89(125)109-40-19-28-71(109)85(121)102-67(47-59-49-96-63-26-18-17-25-62(59)63)83(119)101-66(43-58-32-36-61(111)37-33-58)82(118)100-65(42-53(2)3)81(117)104-70(80(116)97-50-76(95)112)51-129-52-77(113)98-69(44-57-30-34-60(93)35-31-57)88(124)108(8)75(90(126)106(73)6)46-56-23-15-12-16-24-56/h11-18,21-26,30-37,49,53-54,64-75,79,96,111H,9-10,19-20,27-29,38-48,50-52,94H2,1-8H3,(H2,95,112)(H,97,116)(H,98,113)(H,99,123)(H,100,118)(H,101,119)(H,102,121)(H,103,122)(H,104,117)(H,105,120)(H,114,115)/t64-,65-,66-,67-,68-,69-,70-,71+,72+,73-,74-,75-,79-/m0/s1. The largest absolute Gasteiger partial charge is 0.508 e. The van der Waals surface area contributed by atoms with E-state index in [0.29, 0.717) is 51.6 Å². The number of nitrogens with two attached hydrogens (primary N) is 2. The molecular formula is C92H120FN17O18S. The predicted molar refractivity (Wildman–Crippen MR) is 478 cm³/mol. The minimum Gasteiger partial charge on any atom is -0.508 e. The number of hydrogen-bond donors (Lipinski definition) is 14. The van der Waals surface area contributed by atoms with Crippen LogP contribution in [0.3, 0.4) is 0 Å². The number of hydrogen-bond acceptors (Lipinski definition) is 19. The molecule has 37 heteroatoms. The third-order valence-corrected chi connectivity index (χ3v) is 24.4. The van der Waals surface area contributed by atoms with Gasteiger partial charge in [-0.05, 0) is 121 Å². The lowest BCUT2D eigenvalue weighted by Crippen LogP contribution is -2.62. The van der Waals surface area contributed by atoms with Crippen molar-refractivity contribution in [3.8, 4) is 5.75 Å². The Balaban J connectivity index is 1.11. The van der Waals surface area contributed by atoms with E-state index in [9.17, 15) is 48.2 Å². The van der Waals surface area contributed by atoms with Gasteiger partial charge in [0.25, 0.3) is 0 Å². The number of fused-ring (bicyclic) bond motifs is 3. The van der Waals surface area contributed by atoms with Crippen LogP contribution in [0.25, 0.3) is 10.9 Å². The molecule has 16 N–H and O–H groups in total. The summed E-state index contributed by atoms with van der Waals surface area (Å²) in [4.78, 5) is 246. The minimum absolute atomic E-state index is 0.0154. The fourth-order valence-corrected chi connectivity index (χ4v) is 17.1. The molecule has 3 aliphatic heterocycles. The monoisotopic (exact) mass is 1800 g/mol. The molecule has 0 unspecified atom stereocenters.